The van der Waals surface area contributed by atoms with Crippen LogP contribution in [0.2, 0.25) is 0 Å². The summed E-state index contributed by atoms with van der Waals surface area (Å²) in [6.07, 6.45) is 1.56. The van der Waals surface area contributed by atoms with Gasteiger partial charge in [-0.15, -0.1) is 0 Å². The van der Waals surface area contributed by atoms with Gasteiger partial charge in [0, 0.05) is 20.3 Å². The summed E-state index contributed by atoms with van der Waals surface area (Å²) in [5.41, 5.74) is 0. The Morgan fingerprint density at radius 2 is 1.69 bits per heavy atom. The van der Waals surface area contributed by atoms with E-state index in [2.05, 4.69) is 12.2 Å². The van der Waals surface area contributed by atoms with E-state index in [4.69, 9.17) is 14.2 Å². The molecule has 98 valence electrons. The lowest BCUT2D eigenvalue weighted by Gasteiger charge is -2.14. The zero-order valence-corrected chi connectivity index (χ0v) is 11.1. The van der Waals surface area contributed by atoms with E-state index in [9.17, 15) is 0 Å². The highest BCUT2D eigenvalue weighted by Gasteiger charge is 2.01. The van der Waals surface area contributed by atoms with Crippen molar-refractivity contribution in [3.05, 3.63) is 0 Å². The molecule has 0 rings (SSSR count). The molecule has 4 heteroatoms. The minimum atomic E-state index is 0.235. The Balaban J connectivity index is 3.15. The highest BCUT2D eigenvalue weighted by Crippen LogP contribution is 1.92. The predicted molar refractivity (Wildman–Crippen MR) is 65.9 cm³/mol. The lowest BCUT2D eigenvalue weighted by Crippen LogP contribution is -2.29. The van der Waals surface area contributed by atoms with Gasteiger partial charge in [-0.1, -0.05) is 0 Å². The summed E-state index contributed by atoms with van der Waals surface area (Å²) in [5, 5.41) is 3.32. The summed E-state index contributed by atoms with van der Waals surface area (Å²) >= 11 is 0. The van der Waals surface area contributed by atoms with E-state index in [1.165, 1.54) is 0 Å². The zero-order valence-electron chi connectivity index (χ0n) is 11.1. The van der Waals surface area contributed by atoms with E-state index in [0.29, 0.717) is 13.2 Å². The average Bonchev–Trinajstić information content (AvgIpc) is 2.24. The van der Waals surface area contributed by atoms with Crippen LogP contribution >= 0.6 is 0 Å². The third kappa shape index (κ3) is 11.9. The molecule has 0 radical (unpaired) electrons. The van der Waals surface area contributed by atoms with Gasteiger partial charge in [-0.2, -0.15) is 0 Å². The van der Waals surface area contributed by atoms with Gasteiger partial charge in [0.1, 0.15) is 0 Å². The van der Waals surface area contributed by atoms with Crippen LogP contribution in [0.25, 0.3) is 0 Å². The van der Waals surface area contributed by atoms with Gasteiger partial charge < -0.3 is 19.5 Å². The fourth-order valence-corrected chi connectivity index (χ4v) is 1.24. The Labute approximate surface area is 99.6 Å². The van der Waals surface area contributed by atoms with Gasteiger partial charge in [0.05, 0.1) is 25.4 Å². The number of rotatable bonds is 11. The zero-order chi connectivity index (χ0) is 12.2. The highest BCUT2D eigenvalue weighted by atomic mass is 16.5. The van der Waals surface area contributed by atoms with Crippen molar-refractivity contribution in [2.75, 3.05) is 40.0 Å². The molecule has 0 bridgehead atoms. The fourth-order valence-electron chi connectivity index (χ4n) is 1.24. The number of hydrogen-bond acceptors (Lipinski definition) is 4. The highest BCUT2D eigenvalue weighted by molar-refractivity contribution is 4.55. The summed E-state index contributed by atoms with van der Waals surface area (Å²) in [7, 11) is 1.72. The van der Waals surface area contributed by atoms with E-state index >= 15 is 0 Å². The largest absolute Gasteiger partial charge is 0.385 e. The maximum Gasteiger partial charge on any atom is 0.0704 e. The topological polar surface area (TPSA) is 39.7 Å². The molecule has 0 aliphatic carbocycles. The molecule has 0 aromatic heterocycles. The predicted octanol–water partition coefficient (Wildman–Crippen LogP) is 1.44. The van der Waals surface area contributed by atoms with E-state index < -0.39 is 0 Å². The van der Waals surface area contributed by atoms with Crippen molar-refractivity contribution in [1.82, 2.24) is 5.32 Å². The summed E-state index contributed by atoms with van der Waals surface area (Å²) < 4.78 is 15.9. The molecule has 0 heterocycles. The Bertz CT molecular complexity index is 142. The normalized spacial score (nSPS) is 13.3. The fraction of sp³-hybridized carbons (Fsp3) is 1.00. The van der Waals surface area contributed by atoms with Crippen LogP contribution in [0.15, 0.2) is 0 Å². The first-order valence-electron chi connectivity index (χ1n) is 6.09. The SMILES string of the molecule is COCCCNCC(C)OCCOC(C)C. The van der Waals surface area contributed by atoms with E-state index in [1.807, 2.05) is 13.8 Å². The molecule has 1 N–H and O–H groups in total. The number of hydrogen-bond donors (Lipinski definition) is 1. The van der Waals surface area contributed by atoms with Crippen LogP contribution in [-0.2, 0) is 14.2 Å². The van der Waals surface area contributed by atoms with Crippen molar-refractivity contribution in [3.63, 3.8) is 0 Å². The Hall–Kier alpha value is -0.160. The molecule has 1 unspecified atom stereocenters. The molecule has 0 aliphatic rings. The maximum atomic E-state index is 5.58. The second kappa shape index (κ2) is 11.3. The molecular formula is C12H27NO3. The van der Waals surface area contributed by atoms with E-state index in [0.717, 1.165) is 26.1 Å². The van der Waals surface area contributed by atoms with Crippen molar-refractivity contribution in [2.45, 2.75) is 39.4 Å². The average molecular weight is 233 g/mol. The van der Waals surface area contributed by atoms with Gasteiger partial charge in [-0.05, 0) is 33.7 Å². The third-order valence-corrected chi connectivity index (χ3v) is 2.07. The van der Waals surface area contributed by atoms with Crippen LogP contribution in [0.5, 0.6) is 0 Å². The van der Waals surface area contributed by atoms with Crippen LogP contribution in [-0.4, -0.2) is 52.2 Å². The molecule has 0 saturated heterocycles. The molecule has 1 atom stereocenters. The molecule has 0 aromatic rings. The van der Waals surface area contributed by atoms with Crippen molar-refractivity contribution >= 4 is 0 Å². The van der Waals surface area contributed by atoms with Gasteiger partial charge in [0.15, 0.2) is 0 Å². The molecule has 0 amide bonds. The van der Waals surface area contributed by atoms with Crippen molar-refractivity contribution in [1.29, 1.82) is 0 Å². The number of ether oxygens (including phenoxy) is 3. The Kier molecular flexibility index (Phi) is 11.2. The molecular weight excluding hydrogens is 206 g/mol. The summed E-state index contributed by atoms with van der Waals surface area (Å²) in [6, 6.07) is 0. The minimum absolute atomic E-state index is 0.235. The van der Waals surface area contributed by atoms with Gasteiger partial charge in [-0.3, -0.25) is 0 Å². The van der Waals surface area contributed by atoms with Crippen LogP contribution in [0.1, 0.15) is 27.2 Å². The number of nitrogens with one attached hydrogen (secondary N) is 1. The summed E-state index contributed by atoms with van der Waals surface area (Å²) in [6.45, 7) is 10.1. The Morgan fingerprint density at radius 3 is 2.31 bits per heavy atom. The van der Waals surface area contributed by atoms with Gasteiger partial charge in [0.25, 0.3) is 0 Å². The first-order valence-corrected chi connectivity index (χ1v) is 6.09. The molecule has 16 heavy (non-hydrogen) atoms. The molecule has 0 saturated carbocycles. The third-order valence-electron chi connectivity index (χ3n) is 2.07. The number of methoxy groups -OCH3 is 1. The second-order valence-electron chi connectivity index (χ2n) is 4.15. The van der Waals surface area contributed by atoms with Gasteiger partial charge >= 0.3 is 0 Å². The van der Waals surface area contributed by atoms with Gasteiger partial charge in [-0.25, -0.2) is 0 Å². The summed E-state index contributed by atoms with van der Waals surface area (Å²) in [4.78, 5) is 0. The van der Waals surface area contributed by atoms with Crippen molar-refractivity contribution in [3.8, 4) is 0 Å². The first kappa shape index (κ1) is 15.8. The molecule has 4 nitrogen and oxygen atoms in total. The molecule has 0 fully saturated rings. The molecule has 0 spiro atoms. The smallest absolute Gasteiger partial charge is 0.0704 e. The first-order chi connectivity index (χ1) is 7.66. The van der Waals surface area contributed by atoms with E-state index in [1.54, 1.807) is 7.11 Å². The van der Waals surface area contributed by atoms with Crippen molar-refractivity contribution < 1.29 is 14.2 Å². The quantitative estimate of drug-likeness (QED) is 0.548. The maximum absolute atomic E-state index is 5.58. The lowest BCUT2D eigenvalue weighted by atomic mass is 10.3. The Morgan fingerprint density at radius 1 is 1.00 bits per heavy atom. The molecule has 0 aromatic carbocycles. The van der Waals surface area contributed by atoms with Crippen LogP contribution in [0, 0.1) is 0 Å². The van der Waals surface area contributed by atoms with Crippen LogP contribution in [0.4, 0.5) is 0 Å². The standard InChI is InChI=1S/C12H27NO3/c1-11(2)15-8-9-16-12(3)10-13-6-5-7-14-4/h11-13H,5-10H2,1-4H3. The van der Waals surface area contributed by atoms with Crippen LogP contribution < -0.4 is 5.32 Å². The van der Waals surface area contributed by atoms with Crippen LogP contribution in [0.3, 0.4) is 0 Å². The van der Waals surface area contributed by atoms with Crippen molar-refractivity contribution in [2.24, 2.45) is 0 Å². The van der Waals surface area contributed by atoms with Gasteiger partial charge in [0.2, 0.25) is 0 Å². The summed E-state index contributed by atoms with van der Waals surface area (Å²) in [5.74, 6) is 0. The minimum Gasteiger partial charge on any atom is -0.385 e. The second-order valence-corrected chi connectivity index (χ2v) is 4.15. The van der Waals surface area contributed by atoms with E-state index in [-0.39, 0.29) is 12.2 Å². The lowest BCUT2D eigenvalue weighted by molar-refractivity contribution is -0.00612. The molecule has 0 aliphatic heterocycles. The monoisotopic (exact) mass is 233 g/mol.